The van der Waals surface area contributed by atoms with Gasteiger partial charge in [0.2, 0.25) is 0 Å². The number of aromatic nitrogens is 5. The average molecular weight is 404 g/mol. The second-order valence-electron chi connectivity index (χ2n) is 6.33. The number of halogens is 3. The highest BCUT2D eigenvalue weighted by molar-refractivity contribution is 6.09. The topological polar surface area (TPSA) is 97.9 Å². The Hall–Kier alpha value is -3.47. The summed E-state index contributed by atoms with van der Waals surface area (Å²) in [6, 6.07) is 7.14. The van der Waals surface area contributed by atoms with Crippen molar-refractivity contribution in [2.24, 2.45) is 7.05 Å². The van der Waals surface area contributed by atoms with E-state index in [9.17, 15) is 18.0 Å². The Labute approximate surface area is 161 Å². The number of carbonyl (C=O) groups excluding carboxylic acids is 1. The normalized spacial score (nSPS) is 12.0. The van der Waals surface area contributed by atoms with Crippen LogP contribution in [0.1, 0.15) is 16.1 Å². The monoisotopic (exact) mass is 404 g/mol. The summed E-state index contributed by atoms with van der Waals surface area (Å²) in [5, 5.41) is 20.2. The summed E-state index contributed by atoms with van der Waals surface area (Å²) in [6.07, 6.45) is -3.39. The SMILES string of the molecule is Cn1nnc2c3cc(C(=O)NCCO)ccc3n(-c3ccc(C(F)(F)F)nc3)c21. The quantitative estimate of drug-likeness (QED) is 0.543. The fourth-order valence-electron chi connectivity index (χ4n) is 3.17. The van der Waals surface area contributed by atoms with Gasteiger partial charge in [-0.05, 0) is 30.3 Å². The first-order chi connectivity index (χ1) is 13.8. The Morgan fingerprint density at radius 2 is 2.03 bits per heavy atom. The molecule has 1 amide bonds. The first-order valence-corrected chi connectivity index (χ1v) is 8.58. The van der Waals surface area contributed by atoms with E-state index >= 15 is 0 Å². The Morgan fingerprint density at radius 1 is 1.24 bits per heavy atom. The summed E-state index contributed by atoms with van der Waals surface area (Å²) in [4.78, 5) is 15.7. The molecule has 4 aromatic rings. The van der Waals surface area contributed by atoms with Gasteiger partial charge in [-0.25, -0.2) is 9.67 Å². The highest BCUT2D eigenvalue weighted by Gasteiger charge is 2.32. The molecule has 150 valence electrons. The number of amides is 1. The number of benzene rings is 1. The van der Waals surface area contributed by atoms with Crippen molar-refractivity contribution in [3.63, 3.8) is 0 Å². The lowest BCUT2D eigenvalue weighted by Gasteiger charge is -2.10. The van der Waals surface area contributed by atoms with Gasteiger partial charge in [0.15, 0.2) is 5.65 Å². The van der Waals surface area contributed by atoms with Crippen molar-refractivity contribution in [1.29, 1.82) is 0 Å². The van der Waals surface area contributed by atoms with Crippen molar-refractivity contribution in [1.82, 2.24) is 29.9 Å². The number of aliphatic hydroxyl groups is 1. The van der Waals surface area contributed by atoms with Crippen molar-refractivity contribution < 1.29 is 23.1 Å². The standard InChI is InChI=1S/C18H15F3N6O2/c1-26-17-15(24-25-26)12-8-10(16(29)22-6-7-28)2-4-13(12)27(17)11-3-5-14(23-9-11)18(19,20)21/h2-5,8-9,28H,6-7H2,1H3,(H,22,29). The molecule has 29 heavy (non-hydrogen) atoms. The van der Waals surface area contributed by atoms with Gasteiger partial charge in [0.25, 0.3) is 5.91 Å². The smallest absolute Gasteiger partial charge is 0.395 e. The van der Waals surface area contributed by atoms with E-state index in [0.717, 1.165) is 12.3 Å². The summed E-state index contributed by atoms with van der Waals surface area (Å²) in [7, 11) is 1.66. The van der Waals surface area contributed by atoms with Crippen LogP contribution in [0.15, 0.2) is 36.5 Å². The molecule has 3 heterocycles. The molecule has 1 aromatic carbocycles. The van der Waals surface area contributed by atoms with Gasteiger partial charge < -0.3 is 10.4 Å². The molecule has 0 saturated carbocycles. The molecular weight excluding hydrogens is 389 g/mol. The number of nitrogens with one attached hydrogen (secondary N) is 1. The molecule has 0 bridgehead atoms. The van der Waals surface area contributed by atoms with Gasteiger partial charge in [-0.2, -0.15) is 13.2 Å². The third kappa shape index (κ3) is 3.18. The number of hydrogen-bond acceptors (Lipinski definition) is 5. The lowest BCUT2D eigenvalue weighted by atomic mass is 10.1. The molecule has 8 nitrogen and oxygen atoms in total. The molecule has 0 atom stereocenters. The van der Waals surface area contributed by atoms with Gasteiger partial charge in [-0.1, -0.05) is 5.21 Å². The van der Waals surface area contributed by atoms with Gasteiger partial charge in [0.05, 0.1) is 24.0 Å². The van der Waals surface area contributed by atoms with Crippen LogP contribution in [0.4, 0.5) is 13.2 Å². The first kappa shape index (κ1) is 18.9. The minimum absolute atomic E-state index is 0.121. The van der Waals surface area contributed by atoms with Gasteiger partial charge in [-0.3, -0.25) is 9.36 Å². The van der Waals surface area contributed by atoms with Crippen LogP contribution in [0, 0.1) is 0 Å². The molecule has 0 aliphatic heterocycles. The second-order valence-corrected chi connectivity index (χ2v) is 6.33. The van der Waals surface area contributed by atoms with E-state index in [4.69, 9.17) is 5.11 Å². The first-order valence-electron chi connectivity index (χ1n) is 8.58. The highest BCUT2D eigenvalue weighted by atomic mass is 19.4. The van der Waals surface area contributed by atoms with Crippen molar-refractivity contribution >= 4 is 28.0 Å². The average Bonchev–Trinajstić information content (AvgIpc) is 3.23. The molecule has 0 unspecified atom stereocenters. The van der Waals surface area contributed by atoms with E-state index in [1.54, 1.807) is 29.8 Å². The molecule has 4 rings (SSSR count). The Kier molecular flexibility index (Phi) is 4.46. The van der Waals surface area contributed by atoms with Crippen molar-refractivity contribution in [3.05, 3.63) is 47.8 Å². The van der Waals surface area contributed by atoms with Crippen molar-refractivity contribution in [2.75, 3.05) is 13.2 Å². The minimum atomic E-state index is -4.53. The maximum Gasteiger partial charge on any atom is 0.433 e. The molecule has 0 aliphatic carbocycles. The molecule has 0 fully saturated rings. The zero-order valence-corrected chi connectivity index (χ0v) is 15.1. The van der Waals surface area contributed by atoms with Crippen LogP contribution in [-0.4, -0.2) is 48.7 Å². The van der Waals surface area contributed by atoms with Crippen molar-refractivity contribution in [3.8, 4) is 5.69 Å². The van der Waals surface area contributed by atoms with Crippen LogP contribution in [-0.2, 0) is 13.2 Å². The molecule has 11 heteroatoms. The molecule has 0 aliphatic rings. The Balaban J connectivity index is 1.89. The summed E-state index contributed by atoms with van der Waals surface area (Å²) < 4.78 is 41.7. The number of rotatable bonds is 4. The number of pyridine rings is 1. The summed E-state index contributed by atoms with van der Waals surface area (Å²) in [5.41, 5.74) is 1.47. The number of aryl methyl sites for hydroxylation is 1. The van der Waals surface area contributed by atoms with E-state index in [-0.39, 0.29) is 19.1 Å². The second kappa shape index (κ2) is 6.85. The molecule has 2 N–H and O–H groups in total. The minimum Gasteiger partial charge on any atom is -0.395 e. The van der Waals surface area contributed by atoms with Gasteiger partial charge in [0.1, 0.15) is 11.2 Å². The molecular formula is C18H15F3N6O2. The highest BCUT2D eigenvalue weighted by Crippen LogP contribution is 2.32. The lowest BCUT2D eigenvalue weighted by molar-refractivity contribution is -0.141. The summed E-state index contributed by atoms with van der Waals surface area (Å²) in [5.74, 6) is -0.359. The number of carbonyl (C=O) groups is 1. The fourth-order valence-corrected chi connectivity index (χ4v) is 3.17. The van der Waals surface area contributed by atoms with Gasteiger partial charge in [0, 0.05) is 24.5 Å². The van der Waals surface area contributed by atoms with Crippen LogP contribution in [0.3, 0.4) is 0 Å². The maximum absolute atomic E-state index is 12.8. The molecule has 0 spiro atoms. The fraction of sp³-hybridized carbons (Fsp3) is 0.222. The lowest BCUT2D eigenvalue weighted by Crippen LogP contribution is -2.26. The largest absolute Gasteiger partial charge is 0.433 e. The van der Waals surface area contributed by atoms with Crippen molar-refractivity contribution in [2.45, 2.75) is 6.18 Å². The number of aliphatic hydroxyl groups excluding tert-OH is 1. The van der Waals surface area contributed by atoms with Crippen LogP contribution >= 0.6 is 0 Å². The summed E-state index contributed by atoms with van der Waals surface area (Å²) >= 11 is 0. The van der Waals surface area contributed by atoms with Gasteiger partial charge in [-0.15, -0.1) is 5.10 Å². The van der Waals surface area contributed by atoms with E-state index in [2.05, 4.69) is 20.6 Å². The third-order valence-corrected chi connectivity index (χ3v) is 4.46. The number of alkyl halides is 3. The Morgan fingerprint density at radius 3 is 2.69 bits per heavy atom. The molecule has 0 radical (unpaired) electrons. The van der Waals surface area contributed by atoms with Crippen LogP contribution < -0.4 is 5.32 Å². The molecule has 0 saturated heterocycles. The zero-order chi connectivity index (χ0) is 20.8. The number of hydrogen-bond donors (Lipinski definition) is 2. The summed E-state index contributed by atoms with van der Waals surface area (Å²) in [6.45, 7) is -0.0602. The Bertz CT molecular complexity index is 1210. The van der Waals surface area contributed by atoms with Crippen LogP contribution in [0.2, 0.25) is 0 Å². The third-order valence-electron chi connectivity index (χ3n) is 4.46. The van der Waals surface area contributed by atoms with Crippen LogP contribution in [0.25, 0.3) is 27.8 Å². The maximum atomic E-state index is 12.8. The van der Waals surface area contributed by atoms with E-state index in [0.29, 0.717) is 33.3 Å². The van der Waals surface area contributed by atoms with E-state index in [1.807, 2.05) is 0 Å². The predicted molar refractivity (Wildman–Crippen MR) is 97.6 cm³/mol. The number of fused-ring (bicyclic) bond motifs is 3. The predicted octanol–water partition coefficient (Wildman–Crippen LogP) is 2.05. The van der Waals surface area contributed by atoms with E-state index < -0.39 is 11.9 Å². The van der Waals surface area contributed by atoms with Crippen LogP contribution in [0.5, 0.6) is 0 Å². The zero-order valence-electron chi connectivity index (χ0n) is 15.1. The van der Waals surface area contributed by atoms with Gasteiger partial charge >= 0.3 is 6.18 Å². The number of nitrogens with zero attached hydrogens (tertiary/aromatic N) is 5. The van der Waals surface area contributed by atoms with E-state index in [1.165, 1.54) is 10.7 Å². The molecule has 3 aromatic heterocycles.